The largest absolute Gasteiger partial charge is 0.395 e. The van der Waals surface area contributed by atoms with Crippen molar-refractivity contribution in [2.45, 2.75) is 0 Å². The first-order valence-corrected chi connectivity index (χ1v) is 5.02. The van der Waals surface area contributed by atoms with Crippen molar-refractivity contribution in [1.82, 2.24) is 0 Å². The summed E-state index contributed by atoms with van der Waals surface area (Å²) >= 11 is 0. The van der Waals surface area contributed by atoms with Crippen molar-refractivity contribution in [2.75, 3.05) is 23.8 Å². The lowest BCUT2D eigenvalue weighted by Crippen LogP contribution is -2.05. The van der Waals surface area contributed by atoms with E-state index in [-0.39, 0.29) is 12.2 Å². The predicted octanol–water partition coefficient (Wildman–Crippen LogP) is 1.43. The zero-order valence-corrected chi connectivity index (χ0v) is 9.14. The second kappa shape index (κ2) is 6.89. The lowest BCUT2D eigenvalue weighted by Gasteiger charge is -2.05. The van der Waals surface area contributed by atoms with Gasteiger partial charge >= 0.3 is 0 Å². The fourth-order valence-electron chi connectivity index (χ4n) is 1.13. The highest BCUT2D eigenvalue weighted by Gasteiger charge is 1.94. The number of allylic oxidation sites excluding steroid dienone is 1. The van der Waals surface area contributed by atoms with E-state index in [4.69, 9.17) is 15.6 Å². The minimum absolute atomic E-state index is 0.0208. The maximum Gasteiger partial charge on any atom is 0.145 e. The molecule has 0 radical (unpaired) electrons. The fourth-order valence-corrected chi connectivity index (χ4v) is 1.13. The van der Waals surface area contributed by atoms with Gasteiger partial charge in [-0.3, -0.25) is 0 Å². The normalized spacial score (nSPS) is 8.65. The molecule has 0 saturated carbocycles. The molecule has 1 aromatic carbocycles. The Morgan fingerprint density at radius 3 is 2.29 bits per heavy atom. The molecule has 0 aliphatic carbocycles. The maximum atomic E-state index is 8.64. The Morgan fingerprint density at radius 1 is 1.18 bits per heavy atom. The van der Waals surface area contributed by atoms with Crippen LogP contribution in [0.2, 0.25) is 0 Å². The molecule has 5 nitrogen and oxygen atoms in total. The van der Waals surface area contributed by atoms with E-state index in [1.165, 1.54) is 6.20 Å². The third kappa shape index (κ3) is 4.25. The lowest BCUT2D eigenvalue weighted by atomic mass is 10.2. The second-order valence-corrected chi connectivity index (χ2v) is 3.15. The van der Waals surface area contributed by atoms with Gasteiger partial charge in [0, 0.05) is 24.1 Å². The third-order valence-corrected chi connectivity index (χ3v) is 1.95. The average molecular weight is 228 g/mol. The minimum atomic E-state index is 0.0208. The Morgan fingerprint density at radius 2 is 1.76 bits per heavy atom. The highest BCUT2D eigenvalue weighted by Crippen LogP contribution is 2.13. The minimum Gasteiger partial charge on any atom is -0.395 e. The molecule has 1 rings (SSSR count). The van der Waals surface area contributed by atoms with Crippen molar-refractivity contribution >= 4 is 11.4 Å². The van der Waals surface area contributed by atoms with Crippen molar-refractivity contribution in [3.8, 4) is 12.1 Å². The number of nitriles is 2. The molecule has 0 atom stereocenters. The summed E-state index contributed by atoms with van der Waals surface area (Å²) in [6.07, 6.45) is 1.36. The number of nitrogens with zero attached hydrogens (tertiary/aromatic N) is 2. The molecule has 17 heavy (non-hydrogen) atoms. The topological polar surface area (TPSA) is 91.9 Å². The monoisotopic (exact) mass is 228 g/mol. The molecule has 0 amide bonds. The van der Waals surface area contributed by atoms with Gasteiger partial charge in [0.05, 0.1) is 6.61 Å². The average Bonchev–Trinajstić information content (AvgIpc) is 2.39. The molecular weight excluding hydrogens is 216 g/mol. The number of rotatable bonds is 5. The lowest BCUT2D eigenvalue weighted by molar-refractivity contribution is 0.311. The molecule has 0 bridgehead atoms. The molecule has 0 aromatic heterocycles. The van der Waals surface area contributed by atoms with E-state index in [1.54, 1.807) is 12.1 Å². The van der Waals surface area contributed by atoms with E-state index in [0.717, 1.165) is 11.4 Å². The molecule has 5 heteroatoms. The van der Waals surface area contributed by atoms with Crippen molar-refractivity contribution in [3.05, 3.63) is 36.0 Å². The molecule has 0 spiro atoms. The molecule has 0 heterocycles. The Balaban J connectivity index is 2.61. The van der Waals surface area contributed by atoms with Gasteiger partial charge in [-0.25, -0.2) is 0 Å². The molecule has 3 N–H and O–H groups in total. The number of hydrogen-bond acceptors (Lipinski definition) is 5. The van der Waals surface area contributed by atoms with Crippen LogP contribution in [0.1, 0.15) is 0 Å². The Hall–Kier alpha value is -2.50. The summed E-state index contributed by atoms with van der Waals surface area (Å²) in [7, 11) is 0. The van der Waals surface area contributed by atoms with Crippen LogP contribution in [0.4, 0.5) is 11.4 Å². The van der Waals surface area contributed by atoms with Crippen LogP contribution < -0.4 is 10.6 Å². The molecule has 0 fully saturated rings. The highest BCUT2D eigenvalue weighted by molar-refractivity contribution is 5.55. The number of anilines is 2. The van der Waals surface area contributed by atoms with Gasteiger partial charge in [0.1, 0.15) is 17.7 Å². The summed E-state index contributed by atoms with van der Waals surface area (Å²) < 4.78 is 0. The predicted molar refractivity (Wildman–Crippen MR) is 64.9 cm³/mol. The SMILES string of the molecule is N#CC(C#N)=CNc1ccc(NCCO)cc1. The number of aliphatic hydroxyl groups is 1. The Bertz CT molecular complexity index is 449. The van der Waals surface area contributed by atoms with Gasteiger partial charge in [-0.2, -0.15) is 10.5 Å². The fraction of sp³-hybridized carbons (Fsp3) is 0.167. The van der Waals surface area contributed by atoms with Gasteiger partial charge in [-0.05, 0) is 24.3 Å². The zero-order chi connectivity index (χ0) is 12.5. The van der Waals surface area contributed by atoms with Crippen molar-refractivity contribution in [3.63, 3.8) is 0 Å². The van der Waals surface area contributed by atoms with Crippen LogP contribution >= 0.6 is 0 Å². The number of benzene rings is 1. The van der Waals surface area contributed by atoms with Crippen LogP contribution in [0.5, 0.6) is 0 Å². The Kier molecular flexibility index (Phi) is 5.09. The molecule has 0 saturated heterocycles. The molecule has 86 valence electrons. The van der Waals surface area contributed by atoms with Crippen LogP contribution in [0.25, 0.3) is 0 Å². The maximum absolute atomic E-state index is 8.64. The van der Waals surface area contributed by atoms with E-state index < -0.39 is 0 Å². The summed E-state index contributed by atoms with van der Waals surface area (Å²) in [5.74, 6) is 0. The molecular formula is C12H12N4O. The van der Waals surface area contributed by atoms with Crippen molar-refractivity contribution in [1.29, 1.82) is 10.5 Å². The van der Waals surface area contributed by atoms with Crippen LogP contribution in [0, 0.1) is 22.7 Å². The summed E-state index contributed by atoms with van der Waals surface area (Å²) in [4.78, 5) is 0. The second-order valence-electron chi connectivity index (χ2n) is 3.15. The number of aliphatic hydroxyl groups excluding tert-OH is 1. The van der Waals surface area contributed by atoms with Crippen LogP contribution in [-0.2, 0) is 0 Å². The van der Waals surface area contributed by atoms with Gasteiger partial charge in [0.2, 0.25) is 0 Å². The van der Waals surface area contributed by atoms with E-state index in [2.05, 4.69) is 10.6 Å². The first kappa shape index (κ1) is 12.6. The number of hydrogen-bond donors (Lipinski definition) is 3. The summed E-state index contributed by atoms with van der Waals surface area (Å²) in [6, 6.07) is 10.8. The van der Waals surface area contributed by atoms with Crippen molar-refractivity contribution in [2.24, 2.45) is 0 Å². The first-order valence-electron chi connectivity index (χ1n) is 5.02. The Labute approximate surface area is 99.6 Å². The van der Waals surface area contributed by atoms with Gasteiger partial charge in [-0.15, -0.1) is 0 Å². The van der Waals surface area contributed by atoms with E-state index in [9.17, 15) is 0 Å². The van der Waals surface area contributed by atoms with Crippen LogP contribution in [0.15, 0.2) is 36.0 Å². The third-order valence-electron chi connectivity index (χ3n) is 1.95. The highest BCUT2D eigenvalue weighted by atomic mass is 16.3. The van der Waals surface area contributed by atoms with Crippen LogP contribution in [-0.4, -0.2) is 18.3 Å². The van der Waals surface area contributed by atoms with E-state index >= 15 is 0 Å². The van der Waals surface area contributed by atoms with E-state index in [1.807, 2.05) is 24.3 Å². The van der Waals surface area contributed by atoms with E-state index in [0.29, 0.717) is 6.54 Å². The summed E-state index contributed by atoms with van der Waals surface area (Å²) in [6.45, 7) is 0.579. The van der Waals surface area contributed by atoms with Gasteiger partial charge in [0.25, 0.3) is 0 Å². The quantitative estimate of drug-likeness (QED) is 0.663. The molecule has 0 unspecified atom stereocenters. The summed E-state index contributed by atoms with van der Waals surface area (Å²) in [5.41, 5.74) is 1.70. The molecule has 0 aliphatic heterocycles. The number of nitrogens with one attached hydrogen (secondary N) is 2. The van der Waals surface area contributed by atoms with Gasteiger partial charge in [-0.1, -0.05) is 0 Å². The molecule has 0 aliphatic rings. The van der Waals surface area contributed by atoms with Gasteiger partial charge in [0.15, 0.2) is 0 Å². The standard InChI is InChI=1S/C12H12N4O/c13-7-10(8-14)9-16-12-3-1-11(2-4-12)15-5-6-17/h1-4,9,15-17H,5-6H2. The van der Waals surface area contributed by atoms with Gasteiger partial charge < -0.3 is 15.7 Å². The van der Waals surface area contributed by atoms with Crippen molar-refractivity contribution < 1.29 is 5.11 Å². The van der Waals surface area contributed by atoms with Crippen LogP contribution in [0.3, 0.4) is 0 Å². The summed E-state index contributed by atoms with van der Waals surface area (Å²) in [5, 5.41) is 31.6. The molecule has 1 aromatic rings. The first-order chi connectivity index (χ1) is 8.30. The zero-order valence-electron chi connectivity index (χ0n) is 9.14. The smallest absolute Gasteiger partial charge is 0.145 e.